The Bertz CT molecular complexity index is 843. The molecular weight excluding hydrogens is 328 g/mol. The molecule has 0 unspecified atom stereocenters. The number of benzene rings is 1. The molecule has 5 nitrogen and oxygen atoms in total. The minimum Gasteiger partial charge on any atom is -0.461 e. The Labute approximate surface area is 154 Å². The van der Waals surface area contributed by atoms with Crippen molar-refractivity contribution in [1.29, 1.82) is 0 Å². The lowest BCUT2D eigenvalue weighted by Crippen LogP contribution is -2.32. The summed E-state index contributed by atoms with van der Waals surface area (Å²) in [6.07, 6.45) is 5.94. The molecule has 0 radical (unpaired) electrons. The molecule has 0 bridgehead atoms. The normalized spacial score (nSPS) is 21.5. The fraction of sp³-hybridized carbons (Fsp3) is 0.571. The highest BCUT2D eigenvalue weighted by Gasteiger charge is 2.25. The largest absolute Gasteiger partial charge is 0.461 e. The van der Waals surface area contributed by atoms with Crippen molar-refractivity contribution in [2.75, 3.05) is 6.61 Å². The van der Waals surface area contributed by atoms with Crippen molar-refractivity contribution in [2.45, 2.75) is 58.9 Å². The molecule has 1 aromatic carbocycles. The van der Waals surface area contributed by atoms with Crippen LogP contribution in [0.4, 0.5) is 0 Å². The second kappa shape index (κ2) is 8.02. The molecule has 1 fully saturated rings. The van der Waals surface area contributed by atoms with Gasteiger partial charge in [0.05, 0.1) is 17.6 Å². The van der Waals surface area contributed by atoms with Gasteiger partial charge in [-0.2, -0.15) is 0 Å². The number of rotatable bonds is 5. The van der Waals surface area contributed by atoms with Crippen LogP contribution >= 0.6 is 0 Å². The molecule has 1 heterocycles. The van der Waals surface area contributed by atoms with Crippen molar-refractivity contribution < 1.29 is 9.53 Å². The number of ether oxygens (including phenoxy) is 1. The summed E-state index contributed by atoms with van der Waals surface area (Å²) in [6.45, 7) is 6.33. The molecule has 0 spiro atoms. The first-order valence-corrected chi connectivity index (χ1v) is 9.69. The summed E-state index contributed by atoms with van der Waals surface area (Å²) in [7, 11) is 0. The van der Waals surface area contributed by atoms with Crippen LogP contribution in [0, 0.1) is 11.8 Å². The molecular formula is C21H28N2O3. The predicted molar refractivity (Wildman–Crippen MR) is 102 cm³/mol. The number of carbonyl (C=O) groups is 1. The topological polar surface area (TPSA) is 61.2 Å². The van der Waals surface area contributed by atoms with Crippen LogP contribution in [0.15, 0.2) is 29.1 Å². The molecule has 1 aliphatic carbocycles. The van der Waals surface area contributed by atoms with E-state index in [-0.39, 0.29) is 23.9 Å². The highest BCUT2D eigenvalue weighted by Crippen LogP contribution is 2.34. The van der Waals surface area contributed by atoms with E-state index >= 15 is 0 Å². The number of carbonyl (C=O) groups excluding carboxylic acids is 1. The molecule has 5 heteroatoms. The summed E-state index contributed by atoms with van der Waals surface area (Å²) in [5.41, 5.74) is 0.967. The van der Waals surface area contributed by atoms with E-state index in [4.69, 9.17) is 4.74 Å². The third kappa shape index (κ3) is 3.81. The minimum absolute atomic E-state index is 0.0128. The van der Waals surface area contributed by atoms with Crippen molar-refractivity contribution in [3.8, 4) is 0 Å². The third-order valence-corrected chi connectivity index (χ3v) is 5.42. The number of nitrogens with zero attached hydrogens (tertiary/aromatic N) is 2. The second-order valence-corrected chi connectivity index (χ2v) is 7.57. The second-order valence-electron chi connectivity index (χ2n) is 7.57. The lowest BCUT2D eigenvalue weighted by atomic mass is 9.79. The highest BCUT2D eigenvalue weighted by atomic mass is 16.5. The van der Waals surface area contributed by atoms with E-state index in [1.54, 1.807) is 11.5 Å². The standard InChI is InChI=1S/C21H28N2O3/c1-4-26-21(25)19-20(24)23(18-11-6-5-10-17(18)22-19)15(3)13-16-9-7-8-14(2)12-16/h5-6,10-11,14-16H,4,7-9,12-13H2,1-3H3/t14-,15-,16+/m0/s1. The molecule has 3 atom stereocenters. The van der Waals surface area contributed by atoms with Gasteiger partial charge in [-0.15, -0.1) is 0 Å². The fourth-order valence-corrected chi connectivity index (χ4v) is 4.29. The van der Waals surface area contributed by atoms with Crippen LogP contribution in [0.2, 0.25) is 0 Å². The Balaban J connectivity index is 2.01. The van der Waals surface area contributed by atoms with Gasteiger partial charge in [0.2, 0.25) is 5.69 Å². The quantitative estimate of drug-likeness (QED) is 0.747. The number of fused-ring (bicyclic) bond motifs is 1. The Morgan fingerprint density at radius 2 is 2.12 bits per heavy atom. The smallest absolute Gasteiger partial charge is 0.362 e. The maximum absolute atomic E-state index is 13.0. The Morgan fingerprint density at radius 1 is 1.35 bits per heavy atom. The molecule has 140 valence electrons. The molecule has 0 N–H and O–H groups in total. The first-order valence-electron chi connectivity index (χ1n) is 9.69. The lowest BCUT2D eigenvalue weighted by Gasteiger charge is -2.29. The van der Waals surface area contributed by atoms with Gasteiger partial charge >= 0.3 is 5.97 Å². The average molecular weight is 356 g/mol. The molecule has 0 amide bonds. The number of hydrogen-bond acceptors (Lipinski definition) is 4. The van der Waals surface area contributed by atoms with Crippen molar-refractivity contribution in [3.63, 3.8) is 0 Å². The first kappa shape index (κ1) is 18.6. The van der Waals surface area contributed by atoms with E-state index < -0.39 is 5.97 Å². The van der Waals surface area contributed by atoms with Crippen molar-refractivity contribution >= 4 is 17.0 Å². The van der Waals surface area contributed by atoms with Crippen LogP contribution in [0.25, 0.3) is 11.0 Å². The summed E-state index contributed by atoms with van der Waals surface area (Å²) in [5, 5.41) is 0. The molecule has 26 heavy (non-hydrogen) atoms. The Hall–Kier alpha value is -2.17. The van der Waals surface area contributed by atoms with Gasteiger partial charge in [-0.3, -0.25) is 4.79 Å². The molecule has 3 rings (SSSR count). The van der Waals surface area contributed by atoms with Crippen molar-refractivity contribution in [3.05, 3.63) is 40.3 Å². The lowest BCUT2D eigenvalue weighted by molar-refractivity contribution is 0.0516. The van der Waals surface area contributed by atoms with E-state index in [1.165, 1.54) is 25.7 Å². The number of esters is 1. The van der Waals surface area contributed by atoms with Crippen molar-refractivity contribution in [2.24, 2.45) is 11.8 Å². The van der Waals surface area contributed by atoms with Crippen molar-refractivity contribution in [1.82, 2.24) is 9.55 Å². The zero-order valence-electron chi connectivity index (χ0n) is 15.9. The highest BCUT2D eigenvalue weighted by molar-refractivity contribution is 5.89. The van der Waals surface area contributed by atoms with Crippen LogP contribution < -0.4 is 5.56 Å². The van der Waals surface area contributed by atoms with E-state index in [2.05, 4.69) is 18.8 Å². The molecule has 1 saturated carbocycles. The first-order chi connectivity index (χ1) is 12.5. The monoisotopic (exact) mass is 356 g/mol. The van der Waals surface area contributed by atoms with E-state index in [0.29, 0.717) is 11.4 Å². The predicted octanol–water partition coefficient (Wildman–Crippen LogP) is 4.35. The zero-order valence-corrected chi connectivity index (χ0v) is 15.9. The van der Waals surface area contributed by atoms with Crippen LogP contribution in [0.5, 0.6) is 0 Å². The zero-order chi connectivity index (χ0) is 18.7. The van der Waals surface area contributed by atoms with Gasteiger partial charge in [-0.1, -0.05) is 38.3 Å². The number of aromatic nitrogens is 2. The van der Waals surface area contributed by atoms with E-state index in [0.717, 1.165) is 17.9 Å². The summed E-state index contributed by atoms with van der Waals surface area (Å²) < 4.78 is 6.79. The van der Waals surface area contributed by atoms with Crippen LogP contribution in [-0.4, -0.2) is 22.1 Å². The van der Waals surface area contributed by atoms with E-state index in [9.17, 15) is 9.59 Å². The third-order valence-electron chi connectivity index (χ3n) is 5.42. The number of hydrogen-bond donors (Lipinski definition) is 0. The SMILES string of the molecule is CCOC(=O)c1nc2ccccc2n([C@@H](C)C[C@@H]2CCC[C@H](C)C2)c1=O. The Kier molecular flexibility index (Phi) is 5.74. The van der Waals surface area contributed by atoms with E-state index in [1.807, 2.05) is 24.3 Å². The molecule has 0 saturated heterocycles. The molecule has 1 aliphatic rings. The fourth-order valence-electron chi connectivity index (χ4n) is 4.29. The summed E-state index contributed by atoms with van der Waals surface area (Å²) >= 11 is 0. The van der Waals surface area contributed by atoms with Gasteiger partial charge < -0.3 is 9.30 Å². The summed E-state index contributed by atoms with van der Waals surface area (Å²) in [5.74, 6) is 0.732. The number of para-hydroxylation sites is 2. The minimum atomic E-state index is -0.643. The summed E-state index contributed by atoms with van der Waals surface area (Å²) in [4.78, 5) is 29.6. The van der Waals surface area contributed by atoms with Gasteiger partial charge in [0.1, 0.15) is 0 Å². The van der Waals surface area contributed by atoms with Gasteiger partial charge in [0.25, 0.3) is 5.56 Å². The molecule has 1 aromatic heterocycles. The maximum atomic E-state index is 13.0. The van der Waals surface area contributed by atoms with Gasteiger partial charge in [0.15, 0.2) is 0 Å². The maximum Gasteiger partial charge on any atom is 0.362 e. The Morgan fingerprint density at radius 3 is 2.85 bits per heavy atom. The van der Waals surface area contributed by atoms with Crippen LogP contribution in [0.3, 0.4) is 0 Å². The molecule has 2 aromatic rings. The van der Waals surface area contributed by atoms with Gasteiger partial charge in [-0.25, -0.2) is 9.78 Å². The van der Waals surface area contributed by atoms with Gasteiger partial charge in [0, 0.05) is 6.04 Å². The molecule has 0 aliphatic heterocycles. The van der Waals surface area contributed by atoms with Crippen LogP contribution in [0.1, 0.15) is 69.4 Å². The van der Waals surface area contributed by atoms with Crippen LogP contribution in [-0.2, 0) is 4.74 Å². The average Bonchev–Trinajstić information content (AvgIpc) is 2.61. The summed E-state index contributed by atoms with van der Waals surface area (Å²) in [6, 6.07) is 7.52. The van der Waals surface area contributed by atoms with Gasteiger partial charge in [-0.05, 0) is 50.7 Å².